The van der Waals surface area contributed by atoms with Gasteiger partial charge in [-0.3, -0.25) is 0 Å². The summed E-state index contributed by atoms with van der Waals surface area (Å²) in [4.78, 5) is 11.0. The maximum atomic E-state index is 11.0. The third-order valence-corrected chi connectivity index (χ3v) is 3.51. The van der Waals surface area contributed by atoms with Gasteiger partial charge in [-0.2, -0.15) is 0 Å². The van der Waals surface area contributed by atoms with Gasteiger partial charge in [0.05, 0.1) is 18.7 Å². The number of primary amides is 1. The maximum Gasteiger partial charge on any atom is 0.404 e. The van der Waals surface area contributed by atoms with Gasteiger partial charge in [0.1, 0.15) is 17.7 Å². The van der Waals surface area contributed by atoms with E-state index in [0.717, 1.165) is 5.52 Å². The van der Waals surface area contributed by atoms with Crippen LogP contribution in [0.15, 0.2) is 18.2 Å². The maximum absolute atomic E-state index is 11.0. The van der Waals surface area contributed by atoms with Gasteiger partial charge in [0.15, 0.2) is 0 Å². The third kappa shape index (κ3) is 2.41. The van der Waals surface area contributed by atoms with Crippen LogP contribution in [0.4, 0.5) is 4.79 Å². The van der Waals surface area contributed by atoms with E-state index in [1.807, 2.05) is 6.07 Å². The van der Waals surface area contributed by atoms with Gasteiger partial charge in [-0.15, -0.1) is 5.10 Å². The number of fused-ring (bicyclic) bond motifs is 1. The Morgan fingerprint density at radius 2 is 2.40 bits per heavy atom. The van der Waals surface area contributed by atoms with Crippen LogP contribution < -0.4 is 5.73 Å². The quantitative estimate of drug-likeness (QED) is 0.907. The second kappa shape index (κ2) is 5.26. The molecular formula is C12H13ClN4O3. The molecule has 1 aliphatic heterocycles. The molecule has 2 aromatic rings. The summed E-state index contributed by atoms with van der Waals surface area (Å²) in [7, 11) is 0. The normalized spacial score (nSPS) is 22.9. The molecule has 1 amide bonds. The number of carbonyl (C=O) groups excluding carboxylic acids is 1. The zero-order chi connectivity index (χ0) is 14.1. The molecule has 0 bridgehead atoms. The van der Waals surface area contributed by atoms with Crippen molar-refractivity contribution in [2.45, 2.75) is 18.6 Å². The SMILES string of the molecule is NC(=O)O[C@@H]1CCOC[C@@H]1n1nnc2cc(Cl)ccc21. The van der Waals surface area contributed by atoms with Crippen molar-refractivity contribution in [2.24, 2.45) is 5.73 Å². The number of aromatic nitrogens is 3. The Morgan fingerprint density at radius 3 is 3.20 bits per heavy atom. The van der Waals surface area contributed by atoms with Gasteiger partial charge in [0, 0.05) is 11.4 Å². The summed E-state index contributed by atoms with van der Waals surface area (Å²) in [6.07, 6.45) is -0.598. The molecule has 3 rings (SSSR count). The number of hydrogen-bond acceptors (Lipinski definition) is 5. The number of nitrogens with two attached hydrogens (primary N) is 1. The van der Waals surface area contributed by atoms with Gasteiger partial charge in [0.25, 0.3) is 0 Å². The van der Waals surface area contributed by atoms with Crippen molar-refractivity contribution in [3.8, 4) is 0 Å². The molecule has 7 nitrogen and oxygen atoms in total. The summed E-state index contributed by atoms with van der Waals surface area (Å²) in [6, 6.07) is 5.07. The van der Waals surface area contributed by atoms with Crippen LogP contribution in [0.25, 0.3) is 11.0 Å². The topological polar surface area (TPSA) is 92.3 Å². The summed E-state index contributed by atoms with van der Waals surface area (Å²) in [5, 5.41) is 8.78. The standard InChI is InChI=1S/C12H13ClN4O3/c13-7-1-2-9-8(5-7)15-16-17(9)10-6-19-4-3-11(10)20-12(14)18/h1-2,5,10-11H,3-4,6H2,(H2,14,18)/t10-,11+/m0/s1. The second-order valence-corrected chi connectivity index (χ2v) is 5.01. The highest BCUT2D eigenvalue weighted by atomic mass is 35.5. The zero-order valence-electron chi connectivity index (χ0n) is 10.5. The molecule has 2 atom stereocenters. The Labute approximate surface area is 119 Å². The molecule has 0 saturated carbocycles. The minimum absolute atomic E-state index is 0.248. The average Bonchev–Trinajstić information content (AvgIpc) is 2.81. The number of nitrogens with zero attached hydrogens (tertiary/aromatic N) is 3. The summed E-state index contributed by atoms with van der Waals surface area (Å²) in [5.41, 5.74) is 6.60. The second-order valence-electron chi connectivity index (χ2n) is 4.57. The Morgan fingerprint density at radius 1 is 1.55 bits per heavy atom. The summed E-state index contributed by atoms with van der Waals surface area (Å²) in [5.74, 6) is 0. The number of rotatable bonds is 2. The molecule has 1 aliphatic rings. The molecular weight excluding hydrogens is 284 g/mol. The molecule has 1 saturated heterocycles. The van der Waals surface area contributed by atoms with Gasteiger partial charge >= 0.3 is 6.09 Å². The zero-order valence-corrected chi connectivity index (χ0v) is 11.3. The summed E-state index contributed by atoms with van der Waals surface area (Å²) in [6.45, 7) is 0.909. The fraction of sp³-hybridized carbons (Fsp3) is 0.417. The number of benzene rings is 1. The molecule has 1 aromatic heterocycles. The third-order valence-electron chi connectivity index (χ3n) is 3.28. The van der Waals surface area contributed by atoms with Crippen LogP contribution in [0.2, 0.25) is 5.02 Å². The molecule has 106 valence electrons. The molecule has 0 radical (unpaired) electrons. The van der Waals surface area contributed by atoms with Crippen LogP contribution in [-0.4, -0.2) is 40.4 Å². The number of carbonyl (C=O) groups is 1. The molecule has 0 unspecified atom stereocenters. The van der Waals surface area contributed by atoms with E-state index in [2.05, 4.69) is 10.3 Å². The Hall–Kier alpha value is -1.86. The van der Waals surface area contributed by atoms with Gasteiger partial charge in [0.2, 0.25) is 0 Å². The largest absolute Gasteiger partial charge is 0.444 e. The van der Waals surface area contributed by atoms with Crippen molar-refractivity contribution in [1.29, 1.82) is 0 Å². The lowest BCUT2D eigenvalue weighted by Gasteiger charge is -2.30. The Balaban J connectivity index is 1.97. The van der Waals surface area contributed by atoms with Crippen molar-refractivity contribution in [3.05, 3.63) is 23.2 Å². The van der Waals surface area contributed by atoms with Gasteiger partial charge in [-0.05, 0) is 18.2 Å². The van der Waals surface area contributed by atoms with E-state index in [9.17, 15) is 4.79 Å². The molecule has 20 heavy (non-hydrogen) atoms. The van der Waals surface area contributed by atoms with Crippen LogP contribution >= 0.6 is 11.6 Å². The van der Waals surface area contributed by atoms with Crippen molar-refractivity contribution >= 4 is 28.7 Å². The number of hydrogen-bond donors (Lipinski definition) is 1. The minimum atomic E-state index is -0.797. The van der Waals surface area contributed by atoms with E-state index in [1.165, 1.54) is 0 Å². The molecule has 0 spiro atoms. The fourth-order valence-corrected chi connectivity index (χ4v) is 2.54. The smallest absolute Gasteiger partial charge is 0.404 e. The van der Waals surface area contributed by atoms with Crippen molar-refractivity contribution in [3.63, 3.8) is 0 Å². The fourth-order valence-electron chi connectivity index (χ4n) is 2.38. The highest BCUT2D eigenvalue weighted by Gasteiger charge is 2.32. The number of ether oxygens (including phenoxy) is 2. The van der Waals surface area contributed by atoms with E-state index in [1.54, 1.807) is 16.8 Å². The lowest BCUT2D eigenvalue weighted by atomic mass is 10.1. The van der Waals surface area contributed by atoms with Crippen LogP contribution in [0, 0.1) is 0 Å². The minimum Gasteiger partial charge on any atom is -0.444 e. The summed E-state index contributed by atoms with van der Waals surface area (Å²) >= 11 is 5.92. The first-order valence-electron chi connectivity index (χ1n) is 6.19. The van der Waals surface area contributed by atoms with Crippen molar-refractivity contribution in [1.82, 2.24) is 15.0 Å². The molecule has 1 fully saturated rings. The van der Waals surface area contributed by atoms with E-state index in [-0.39, 0.29) is 12.1 Å². The predicted octanol–water partition coefficient (Wildman–Crippen LogP) is 1.51. The lowest BCUT2D eigenvalue weighted by molar-refractivity contribution is -0.0375. The molecule has 8 heteroatoms. The molecule has 2 heterocycles. The van der Waals surface area contributed by atoms with Crippen LogP contribution in [0.3, 0.4) is 0 Å². The molecule has 0 aliphatic carbocycles. The number of amides is 1. The van der Waals surface area contributed by atoms with E-state index < -0.39 is 6.09 Å². The first-order chi connectivity index (χ1) is 9.65. The van der Waals surface area contributed by atoms with E-state index in [4.69, 9.17) is 26.8 Å². The van der Waals surface area contributed by atoms with Gasteiger partial charge < -0.3 is 15.2 Å². The monoisotopic (exact) mass is 296 g/mol. The number of halogens is 1. The first-order valence-corrected chi connectivity index (χ1v) is 6.57. The van der Waals surface area contributed by atoms with E-state index >= 15 is 0 Å². The van der Waals surface area contributed by atoms with Crippen LogP contribution in [-0.2, 0) is 9.47 Å². The van der Waals surface area contributed by atoms with Crippen LogP contribution in [0.1, 0.15) is 12.5 Å². The highest BCUT2D eigenvalue weighted by Crippen LogP contribution is 2.26. The predicted molar refractivity (Wildman–Crippen MR) is 71.5 cm³/mol. The Kier molecular flexibility index (Phi) is 3.45. The summed E-state index contributed by atoms with van der Waals surface area (Å²) < 4.78 is 12.3. The van der Waals surface area contributed by atoms with Crippen molar-refractivity contribution < 1.29 is 14.3 Å². The molecule has 2 N–H and O–H groups in total. The average molecular weight is 297 g/mol. The van der Waals surface area contributed by atoms with Gasteiger partial charge in [-0.25, -0.2) is 9.48 Å². The lowest BCUT2D eigenvalue weighted by Crippen LogP contribution is -2.39. The highest BCUT2D eigenvalue weighted by molar-refractivity contribution is 6.31. The molecule has 1 aromatic carbocycles. The van der Waals surface area contributed by atoms with Crippen molar-refractivity contribution in [2.75, 3.05) is 13.2 Å². The van der Waals surface area contributed by atoms with Crippen LogP contribution in [0.5, 0.6) is 0 Å². The Bertz CT molecular complexity index is 645. The first kappa shape index (κ1) is 13.1. The van der Waals surface area contributed by atoms with Gasteiger partial charge in [-0.1, -0.05) is 16.8 Å². The van der Waals surface area contributed by atoms with E-state index in [0.29, 0.717) is 30.2 Å².